The highest BCUT2D eigenvalue weighted by Gasteiger charge is 2.22. The highest BCUT2D eigenvalue weighted by molar-refractivity contribution is 5.69. The SMILES string of the molecule is CC(C)OCC1CCC(COC(=O)CCc2ccc3c(c2)OCO3)CC1. The van der Waals surface area contributed by atoms with Gasteiger partial charge < -0.3 is 18.9 Å². The number of esters is 1. The van der Waals surface area contributed by atoms with E-state index in [1.807, 2.05) is 18.2 Å². The van der Waals surface area contributed by atoms with E-state index in [1.165, 1.54) is 12.8 Å². The van der Waals surface area contributed by atoms with Gasteiger partial charge in [0.15, 0.2) is 11.5 Å². The zero-order chi connectivity index (χ0) is 18.4. The first kappa shape index (κ1) is 19.0. The maximum Gasteiger partial charge on any atom is 0.306 e. The number of carbonyl (C=O) groups is 1. The van der Waals surface area contributed by atoms with Crippen LogP contribution in [-0.2, 0) is 20.7 Å². The molecule has 0 aromatic heterocycles. The predicted molar refractivity (Wildman–Crippen MR) is 98.4 cm³/mol. The Balaban J connectivity index is 1.31. The van der Waals surface area contributed by atoms with Crippen molar-refractivity contribution in [2.24, 2.45) is 11.8 Å². The Kier molecular flexibility index (Phi) is 6.78. The van der Waals surface area contributed by atoms with Crippen molar-refractivity contribution in [3.63, 3.8) is 0 Å². The van der Waals surface area contributed by atoms with Crippen LogP contribution in [0.2, 0.25) is 0 Å². The monoisotopic (exact) mass is 362 g/mol. The molecule has 3 rings (SSSR count). The molecule has 0 atom stereocenters. The third kappa shape index (κ3) is 5.63. The summed E-state index contributed by atoms with van der Waals surface area (Å²) in [5.41, 5.74) is 1.07. The van der Waals surface area contributed by atoms with E-state index in [1.54, 1.807) is 0 Å². The quantitative estimate of drug-likeness (QED) is 0.651. The molecule has 26 heavy (non-hydrogen) atoms. The number of aryl methyl sites for hydroxylation is 1. The number of benzene rings is 1. The van der Waals surface area contributed by atoms with Gasteiger partial charge in [0.25, 0.3) is 0 Å². The lowest BCUT2D eigenvalue weighted by Crippen LogP contribution is -2.23. The summed E-state index contributed by atoms with van der Waals surface area (Å²) in [5, 5.41) is 0. The lowest BCUT2D eigenvalue weighted by atomic mass is 9.83. The van der Waals surface area contributed by atoms with Crippen LogP contribution in [-0.4, -0.2) is 32.1 Å². The second-order valence-electron chi connectivity index (χ2n) is 7.64. The van der Waals surface area contributed by atoms with E-state index in [4.69, 9.17) is 18.9 Å². The van der Waals surface area contributed by atoms with Crippen molar-refractivity contribution in [3.05, 3.63) is 23.8 Å². The molecule has 0 radical (unpaired) electrons. The van der Waals surface area contributed by atoms with E-state index in [-0.39, 0.29) is 12.8 Å². The fourth-order valence-electron chi connectivity index (χ4n) is 3.52. The Bertz CT molecular complexity index is 590. The molecule has 0 saturated heterocycles. The summed E-state index contributed by atoms with van der Waals surface area (Å²) < 4.78 is 21.9. The molecule has 0 bridgehead atoms. The van der Waals surface area contributed by atoms with Gasteiger partial charge in [-0.25, -0.2) is 0 Å². The molecule has 0 amide bonds. The van der Waals surface area contributed by atoms with Gasteiger partial charge in [0.2, 0.25) is 6.79 Å². The summed E-state index contributed by atoms with van der Waals surface area (Å²) in [6.45, 7) is 5.84. The van der Waals surface area contributed by atoms with Crippen LogP contribution in [0.1, 0.15) is 51.5 Å². The van der Waals surface area contributed by atoms with Crippen LogP contribution in [0.4, 0.5) is 0 Å². The topological polar surface area (TPSA) is 54.0 Å². The molecule has 1 aliphatic carbocycles. The molecule has 1 saturated carbocycles. The molecule has 0 spiro atoms. The van der Waals surface area contributed by atoms with E-state index in [2.05, 4.69) is 13.8 Å². The fourth-order valence-corrected chi connectivity index (χ4v) is 3.52. The van der Waals surface area contributed by atoms with Crippen LogP contribution in [0.15, 0.2) is 18.2 Å². The van der Waals surface area contributed by atoms with Crippen molar-refractivity contribution < 1.29 is 23.7 Å². The first-order chi connectivity index (χ1) is 12.6. The molecule has 1 heterocycles. The first-order valence-corrected chi connectivity index (χ1v) is 9.76. The highest BCUT2D eigenvalue weighted by Crippen LogP contribution is 2.33. The molecule has 5 nitrogen and oxygen atoms in total. The number of hydrogen-bond acceptors (Lipinski definition) is 5. The van der Waals surface area contributed by atoms with E-state index in [0.717, 1.165) is 36.5 Å². The Morgan fingerprint density at radius 1 is 1.08 bits per heavy atom. The van der Waals surface area contributed by atoms with E-state index in [0.29, 0.717) is 37.4 Å². The van der Waals surface area contributed by atoms with Gasteiger partial charge in [0.05, 0.1) is 12.7 Å². The van der Waals surface area contributed by atoms with Crippen LogP contribution in [0.3, 0.4) is 0 Å². The Morgan fingerprint density at radius 2 is 1.77 bits per heavy atom. The average Bonchev–Trinajstić information content (AvgIpc) is 3.11. The van der Waals surface area contributed by atoms with Crippen molar-refractivity contribution in [2.45, 2.75) is 58.5 Å². The molecule has 144 valence electrons. The average molecular weight is 362 g/mol. The highest BCUT2D eigenvalue weighted by atomic mass is 16.7. The molecule has 1 aliphatic heterocycles. The third-order valence-corrected chi connectivity index (χ3v) is 5.17. The van der Waals surface area contributed by atoms with Gasteiger partial charge in [-0.2, -0.15) is 0 Å². The molecule has 2 aliphatic rings. The van der Waals surface area contributed by atoms with E-state index in [9.17, 15) is 4.79 Å². The van der Waals surface area contributed by atoms with Gasteiger partial charge in [-0.3, -0.25) is 4.79 Å². The van der Waals surface area contributed by atoms with Crippen molar-refractivity contribution >= 4 is 5.97 Å². The summed E-state index contributed by atoms with van der Waals surface area (Å²) in [6.07, 6.45) is 5.96. The molecule has 1 aromatic carbocycles. The molecule has 5 heteroatoms. The number of carbonyl (C=O) groups excluding carboxylic acids is 1. The minimum atomic E-state index is -0.118. The Morgan fingerprint density at radius 3 is 2.50 bits per heavy atom. The predicted octanol–water partition coefficient (Wildman–Crippen LogP) is 4.12. The summed E-state index contributed by atoms with van der Waals surface area (Å²) in [4.78, 5) is 12.0. The van der Waals surface area contributed by atoms with Gasteiger partial charge in [-0.1, -0.05) is 6.07 Å². The molecular weight excluding hydrogens is 332 g/mol. The maximum atomic E-state index is 12.0. The number of fused-ring (bicyclic) bond motifs is 1. The standard InChI is InChI=1S/C21H30O5/c1-15(2)23-12-17-3-5-18(6-4-17)13-24-21(22)10-8-16-7-9-19-20(11-16)26-14-25-19/h7,9,11,15,17-18H,3-6,8,10,12-14H2,1-2H3. The van der Waals surface area contributed by atoms with Crippen LogP contribution in [0.25, 0.3) is 0 Å². The van der Waals surface area contributed by atoms with Crippen molar-refractivity contribution in [3.8, 4) is 11.5 Å². The summed E-state index contributed by atoms with van der Waals surface area (Å²) in [6, 6.07) is 5.81. The summed E-state index contributed by atoms with van der Waals surface area (Å²) >= 11 is 0. The number of rotatable bonds is 8. The zero-order valence-electron chi connectivity index (χ0n) is 15.9. The van der Waals surface area contributed by atoms with Gasteiger partial charge in [-0.15, -0.1) is 0 Å². The first-order valence-electron chi connectivity index (χ1n) is 9.76. The largest absolute Gasteiger partial charge is 0.465 e. The molecular formula is C21H30O5. The molecule has 0 N–H and O–H groups in total. The smallest absolute Gasteiger partial charge is 0.306 e. The Labute approximate surface area is 156 Å². The lowest BCUT2D eigenvalue weighted by Gasteiger charge is -2.28. The second-order valence-corrected chi connectivity index (χ2v) is 7.64. The van der Waals surface area contributed by atoms with E-state index >= 15 is 0 Å². The number of ether oxygens (including phenoxy) is 4. The molecule has 1 fully saturated rings. The zero-order valence-corrected chi connectivity index (χ0v) is 15.9. The molecule has 0 unspecified atom stereocenters. The minimum absolute atomic E-state index is 0.118. The van der Waals surface area contributed by atoms with Crippen molar-refractivity contribution in [1.29, 1.82) is 0 Å². The number of hydrogen-bond donors (Lipinski definition) is 0. The maximum absolute atomic E-state index is 12.0. The second kappa shape index (κ2) is 9.26. The van der Waals surface area contributed by atoms with Crippen LogP contribution in [0.5, 0.6) is 11.5 Å². The van der Waals surface area contributed by atoms with Crippen LogP contribution < -0.4 is 9.47 Å². The van der Waals surface area contributed by atoms with Crippen molar-refractivity contribution in [2.75, 3.05) is 20.0 Å². The normalized spacial score (nSPS) is 21.8. The van der Waals surface area contributed by atoms with Gasteiger partial charge >= 0.3 is 5.97 Å². The van der Waals surface area contributed by atoms with Gasteiger partial charge in [0, 0.05) is 13.0 Å². The third-order valence-electron chi connectivity index (χ3n) is 5.17. The molecule has 1 aromatic rings. The van der Waals surface area contributed by atoms with Gasteiger partial charge in [0.1, 0.15) is 0 Å². The minimum Gasteiger partial charge on any atom is -0.465 e. The van der Waals surface area contributed by atoms with E-state index < -0.39 is 0 Å². The van der Waals surface area contributed by atoms with Crippen LogP contribution >= 0.6 is 0 Å². The fraction of sp³-hybridized carbons (Fsp3) is 0.667. The van der Waals surface area contributed by atoms with Crippen LogP contribution in [0, 0.1) is 11.8 Å². The Hall–Kier alpha value is -1.75. The van der Waals surface area contributed by atoms with Gasteiger partial charge in [-0.05, 0) is 75.5 Å². The summed E-state index contributed by atoms with van der Waals surface area (Å²) in [5.74, 6) is 2.57. The van der Waals surface area contributed by atoms with Crippen molar-refractivity contribution in [1.82, 2.24) is 0 Å². The summed E-state index contributed by atoms with van der Waals surface area (Å²) in [7, 11) is 0. The lowest BCUT2D eigenvalue weighted by molar-refractivity contribution is -0.145.